The van der Waals surface area contributed by atoms with Crippen LogP contribution in [-0.4, -0.2) is 24.4 Å². The Morgan fingerprint density at radius 1 is 1.26 bits per heavy atom. The fraction of sp³-hybridized carbons (Fsp3) is 0.300. The molecule has 2 N–H and O–H groups in total. The molecule has 5 nitrogen and oxygen atoms in total. The zero-order valence-electron chi connectivity index (χ0n) is 15.2. The lowest BCUT2D eigenvalue weighted by Crippen LogP contribution is -2.32. The van der Waals surface area contributed by atoms with E-state index in [-0.39, 0.29) is 22.5 Å². The molecule has 1 aliphatic rings. The summed E-state index contributed by atoms with van der Waals surface area (Å²) in [6.07, 6.45) is 1.45. The second kappa shape index (κ2) is 7.96. The molecule has 0 spiro atoms. The second-order valence-electron chi connectivity index (χ2n) is 6.63. The van der Waals surface area contributed by atoms with Crippen molar-refractivity contribution in [1.29, 1.82) is 0 Å². The van der Waals surface area contributed by atoms with Crippen LogP contribution in [0.15, 0.2) is 36.4 Å². The third kappa shape index (κ3) is 4.39. The Balaban J connectivity index is 1.66. The van der Waals surface area contributed by atoms with Crippen molar-refractivity contribution in [1.82, 2.24) is 0 Å². The van der Waals surface area contributed by atoms with E-state index in [1.165, 1.54) is 12.1 Å². The van der Waals surface area contributed by atoms with Gasteiger partial charge < -0.3 is 15.5 Å². The quantitative estimate of drug-likeness (QED) is 0.799. The van der Waals surface area contributed by atoms with Gasteiger partial charge in [0.05, 0.1) is 5.69 Å². The molecule has 0 aromatic heterocycles. The lowest BCUT2D eigenvalue weighted by atomic mass is 10.1. The van der Waals surface area contributed by atoms with Crippen molar-refractivity contribution in [3.63, 3.8) is 0 Å². The smallest absolute Gasteiger partial charge is 0.246 e. The van der Waals surface area contributed by atoms with Gasteiger partial charge >= 0.3 is 0 Å². The molecule has 3 rings (SSSR count). The van der Waals surface area contributed by atoms with Crippen LogP contribution in [0.4, 0.5) is 21.5 Å². The number of aryl methyl sites for hydroxylation is 1. The number of carbonyl (C=O) groups is 2. The molecule has 0 unspecified atom stereocenters. The summed E-state index contributed by atoms with van der Waals surface area (Å²) in [5.41, 5.74) is 2.68. The average Bonchev–Trinajstić information content (AvgIpc) is 3.03. The van der Waals surface area contributed by atoms with Crippen LogP contribution in [0.5, 0.6) is 0 Å². The van der Waals surface area contributed by atoms with E-state index in [4.69, 9.17) is 11.6 Å². The maximum absolute atomic E-state index is 13.8. The number of nitrogens with zero attached hydrogens (tertiary/aromatic N) is 1. The van der Waals surface area contributed by atoms with Gasteiger partial charge in [-0.05, 0) is 62.2 Å². The Labute approximate surface area is 162 Å². The molecule has 0 aliphatic carbocycles. The van der Waals surface area contributed by atoms with E-state index in [9.17, 15) is 14.0 Å². The van der Waals surface area contributed by atoms with Gasteiger partial charge in [0.2, 0.25) is 11.8 Å². The normalized spacial score (nSPS) is 15.0. The molecule has 2 aromatic rings. The Morgan fingerprint density at radius 2 is 2.04 bits per heavy atom. The number of hydrogen-bond donors (Lipinski definition) is 2. The fourth-order valence-corrected chi connectivity index (χ4v) is 3.26. The Morgan fingerprint density at radius 3 is 2.67 bits per heavy atom. The van der Waals surface area contributed by atoms with Crippen molar-refractivity contribution in [2.75, 3.05) is 22.1 Å². The minimum absolute atomic E-state index is 0.0807. The zero-order chi connectivity index (χ0) is 19.6. The minimum Gasteiger partial charge on any atom is -0.374 e. The highest BCUT2D eigenvalue weighted by molar-refractivity contribution is 6.30. The molecule has 1 aliphatic heterocycles. The van der Waals surface area contributed by atoms with Crippen LogP contribution in [-0.2, 0) is 9.59 Å². The summed E-state index contributed by atoms with van der Waals surface area (Å²) in [4.78, 5) is 26.0. The molecule has 1 atom stereocenters. The number of nitrogens with one attached hydrogen (secondary N) is 2. The van der Waals surface area contributed by atoms with Crippen LogP contribution in [0.3, 0.4) is 0 Å². The van der Waals surface area contributed by atoms with Crippen molar-refractivity contribution < 1.29 is 14.0 Å². The molecule has 142 valence electrons. The maximum atomic E-state index is 13.8. The van der Waals surface area contributed by atoms with Crippen LogP contribution in [0.1, 0.15) is 25.3 Å². The Hall–Kier alpha value is -2.60. The number of carbonyl (C=O) groups excluding carboxylic acids is 2. The van der Waals surface area contributed by atoms with Gasteiger partial charge in [-0.2, -0.15) is 0 Å². The van der Waals surface area contributed by atoms with Gasteiger partial charge in [0, 0.05) is 29.4 Å². The second-order valence-corrected chi connectivity index (χ2v) is 7.07. The van der Waals surface area contributed by atoms with Gasteiger partial charge in [0.15, 0.2) is 0 Å². The molecule has 1 saturated heterocycles. The maximum Gasteiger partial charge on any atom is 0.246 e. The monoisotopic (exact) mass is 389 g/mol. The predicted octanol–water partition coefficient (Wildman–Crippen LogP) is 4.35. The zero-order valence-corrected chi connectivity index (χ0v) is 15.9. The standard InChI is InChI=1S/C20H21ClFN3O2/c1-12-10-15(6-8-18(12)25-9-3-4-19(25)26)23-13(2)20(27)24-17-7-5-14(21)11-16(17)22/h5-8,10-11,13,23H,3-4,9H2,1-2H3,(H,24,27)/t13-/m1/s1. The fourth-order valence-electron chi connectivity index (χ4n) is 3.10. The van der Waals surface area contributed by atoms with Gasteiger partial charge in [0.25, 0.3) is 0 Å². The number of amides is 2. The molecule has 0 radical (unpaired) electrons. The first kappa shape index (κ1) is 19.2. The lowest BCUT2D eigenvalue weighted by molar-refractivity contribution is -0.117. The molecule has 7 heteroatoms. The number of anilines is 3. The summed E-state index contributed by atoms with van der Waals surface area (Å²) in [5, 5.41) is 5.91. The van der Waals surface area contributed by atoms with Gasteiger partial charge in [-0.15, -0.1) is 0 Å². The number of hydrogen-bond acceptors (Lipinski definition) is 3. The number of rotatable bonds is 5. The van der Waals surface area contributed by atoms with Gasteiger partial charge in [-0.1, -0.05) is 11.6 Å². The lowest BCUT2D eigenvalue weighted by Gasteiger charge is -2.20. The average molecular weight is 390 g/mol. The van der Waals surface area contributed by atoms with Gasteiger partial charge in [0.1, 0.15) is 11.9 Å². The molecule has 2 amide bonds. The summed E-state index contributed by atoms with van der Waals surface area (Å²) in [6.45, 7) is 4.36. The summed E-state index contributed by atoms with van der Waals surface area (Å²) < 4.78 is 13.8. The van der Waals surface area contributed by atoms with Crippen molar-refractivity contribution in [2.45, 2.75) is 32.7 Å². The van der Waals surface area contributed by atoms with Crippen molar-refractivity contribution >= 4 is 40.5 Å². The van der Waals surface area contributed by atoms with Crippen LogP contribution in [0.25, 0.3) is 0 Å². The van der Waals surface area contributed by atoms with Crippen molar-refractivity contribution in [3.8, 4) is 0 Å². The SMILES string of the molecule is Cc1cc(N[C@H](C)C(=O)Nc2ccc(Cl)cc2F)ccc1N1CCCC1=O. The molecular weight excluding hydrogens is 369 g/mol. The van der Waals surface area contributed by atoms with Gasteiger partial charge in [-0.25, -0.2) is 4.39 Å². The number of benzene rings is 2. The highest BCUT2D eigenvalue weighted by Gasteiger charge is 2.23. The van der Waals surface area contributed by atoms with Crippen LogP contribution >= 0.6 is 11.6 Å². The largest absolute Gasteiger partial charge is 0.374 e. The third-order valence-corrected chi connectivity index (χ3v) is 4.76. The summed E-state index contributed by atoms with van der Waals surface area (Å²) in [5.74, 6) is -0.817. The summed E-state index contributed by atoms with van der Waals surface area (Å²) >= 11 is 5.72. The molecule has 0 saturated carbocycles. The van der Waals surface area contributed by atoms with Gasteiger partial charge in [-0.3, -0.25) is 9.59 Å². The van der Waals surface area contributed by atoms with Crippen molar-refractivity contribution in [2.24, 2.45) is 0 Å². The summed E-state index contributed by atoms with van der Waals surface area (Å²) in [7, 11) is 0. The minimum atomic E-state index is -0.585. The Bertz CT molecular complexity index is 888. The van der Waals surface area contributed by atoms with Crippen LogP contribution in [0.2, 0.25) is 5.02 Å². The summed E-state index contributed by atoms with van der Waals surface area (Å²) in [6, 6.07) is 9.11. The van der Waals surface area contributed by atoms with E-state index in [1.54, 1.807) is 11.8 Å². The van der Waals surface area contributed by atoms with E-state index < -0.39 is 11.9 Å². The molecule has 2 aromatic carbocycles. The van der Waals surface area contributed by atoms with E-state index >= 15 is 0 Å². The van der Waals surface area contributed by atoms with Crippen molar-refractivity contribution in [3.05, 3.63) is 52.8 Å². The Kier molecular flexibility index (Phi) is 5.65. The molecule has 27 heavy (non-hydrogen) atoms. The first-order chi connectivity index (χ1) is 12.8. The number of halogens is 2. The first-order valence-electron chi connectivity index (χ1n) is 8.78. The molecule has 0 bridgehead atoms. The highest BCUT2D eigenvalue weighted by Crippen LogP contribution is 2.28. The molecular formula is C20H21ClFN3O2. The molecule has 1 heterocycles. The van der Waals surface area contributed by atoms with E-state index in [1.807, 2.05) is 25.1 Å². The molecule has 1 fully saturated rings. The van der Waals surface area contributed by atoms with Crippen LogP contribution in [0, 0.1) is 12.7 Å². The van der Waals surface area contributed by atoms with E-state index in [0.29, 0.717) is 6.42 Å². The van der Waals surface area contributed by atoms with Crippen LogP contribution < -0.4 is 15.5 Å². The van der Waals surface area contributed by atoms with E-state index in [0.717, 1.165) is 36.0 Å². The first-order valence-corrected chi connectivity index (χ1v) is 9.16. The predicted molar refractivity (Wildman–Crippen MR) is 106 cm³/mol. The highest BCUT2D eigenvalue weighted by atomic mass is 35.5. The topological polar surface area (TPSA) is 61.4 Å². The van der Waals surface area contributed by atoms with E-state index in [2.05, 4.69) is 10.6 Å². The third-order valence-electron chi connectivity index (χ3n) is 4.53.